The normalized spacial score (nSPS) is 14.2. The van der Waals surface area contributed by atoms with E-state index >= 15 is 0 Å². The van der Waals surface area contributed by atoms with Crippen molar-refractivity contribution in [1.29, 1.82) is 0 Å². The van der Waals surface area contributed by atoms with E-state index in [1.165, 1.54) is 25.3 Å². The van der Waals surface area contributed by atoms with E-state index < -0.39 is 11.8 Å². The number of rotatable bonds is 4. The molecule has 0 atom stereocenters. The Hall–Kier alpha value is -1.92. The van der Waals surface area contributed by atoms with Crippen molar-refractivity contribution in [3.63, 3.8) is 0 Å². The number of aryl methyl sites for hydroxylation is 1. The number of anilines is 2. The highest BCUT2D eigenvalue weighted by molar-refractivity contribution is 6.53. The molecule has 0 fully saturated rings. The van der Waals surface area contributed by atoms with Gasteiger partial charge in [0.1, 0.15) is 16.5 Å². The average Bonchev–Trinajstić information content (AvgIpc) is 2.84. The molecule has 0 saturated carbocycles. The van der Waals surface area contributed by atoms with E-state index in [-0.39, 0.29) is 21.4 Å². The van der Waals surface area contributed by atoms with Crippen molar-refractivity contribution in [2.45, 2.75) is 6.92 Å². The molecule has 0 spiro atoms. The molecule has 1 heterocycles. The minimum absolute atomic E-state index is 0.0761. The molecule has 0 aromatic heterocycles. The fraction of sp³-hybridized carbons (Fsp3) is 0.111. The lowest BCUT2D eigenvalue weighted by molar-refractivity contribution is -0.120. The number of hydrogen-bond acceptors (Lipinski definition) is 4. The smallest absolute Gasteiger partial charge is 0.283 e. The highest BCUT2D eigenvalue weighted by Crippen LogP contribution is 2.36. The first-order valence-electron chi connectivity index (χ1n) is 7.59. The number of ether oxygens (including phenoxy) is 1. The van der Waals surface area contributed by atoms with Crippen molar-refractivity contribution in [1.82, 2.24) is 0 Å². The van der Waals surface area contributed by atoms with Crippen LogP contribution in [0.4, 0.5) is 11.4 Å². The number of nitrogens with one attached hydrogen (secondary N) is 1. The predicted octanol–water partition coefficient (Wildman–Crippen LogP) is 5.40. The first-order valence-corrected chi connectivity index (χ1v) is 9.10. The van der Waals surface area contributed by atoms with Crippen LogP contribution in [-0.4, -0.2) is 18.9 Å². The summed E-state index contributed by atoms with van der Waals surface area (Å²) >= 11 is 24.1. The van der Waals surface area contributed by atoms with Crippen LogP contribution in [0.1, 0.15) is 5.56 Å². The van der Waals surface area contributed by atoms with E-state index in [2.05, 4.69) is 5.32 Å². The van der Waals surface area contributed by atoms with Crippen LogP contribution in [0.5, 0.6) is 5.75 Å². The van der Waals surface area contributed by atoms with Crippen molar-refractivity contribution >= 4 is 69.6 Å². The molecule has 140 valence electrons. The topological polar surface area (TPSA) is 58.6 Å². The highest BCUT2D eigenvalue weighted by atomic mass is 35.5. The summed E-state index contributed by atoms with van der Waals surface area (Å²) in [5.74, 6) is -0.902. The van der Waals surface area contributed by atoms with Gasteiger partial charge < -0.3 is 10.1 Å². The monoisotopic (exact) mass is 444 g/mol. The van der Waals surface area contributed by atoms with E-state index in [4.69, 9.17) is 51.1 Å². The molecule has 0 saturated heterocycles. The molecule has 1 N–H and O–H groups in total. The summed E-state index contributed by atoms with van der Waals surface area (Å²) in [5, 5.41) is 3.65. The number of halogens is 4. The minimum Gasteiger partial charge on any atom is -0.495 e. The van der Waals surface area contributed by atoms with E-state index in [0.717, 1.165) is 10.5 Å². The van der Waals surface area contributed by atoms with Crippen LogP contribution < -0.4 is 15.0 Å². The van der Waals surface area contributed by atoms with Crippen molar-refractivity contribution in [3.8, 4) is 5.75 Å². The van der Waals surface area contributed by atoms with Crippen LogP contribution in [-0.2, 0) is 9.59 Å². The van der Waals surface area contributed by atoms with Gasteiger partial charge in [-0.1, -0.05) is 46.4 Å². The Morgan fingerprint density at radius 2 is 1.63 bits per heavy atom. The molecule has 1 aliphatic heterocycles. The lowest BCUT2D eigenvalue weighted by Crippen LogP contribution is -2.32. The van der Waals surface area contributed by atoms with E-state index in [1.54, 1.807) is 19.1 Å². The minimum atomic E-state index is -0.674. The number of carbonyl (C=O) groups excluding carboxylic acids is 2. The Labute approximate surface area is 175 Å². The maximum absolute atomic E-state index is 12.8. The molecule has 27 heavy (non-hydrogen) atoms. The second-order valence-corrected chi connectivity index (χ2v) is 7.26. The van der Waals surface area contributed by atoms with Gasteiger partial charge in [0.2, 0.25) is 0 Å². The molecule has 5 nitrogen and oxygen atoms in total. The van der Waals surface area contributed by atoms with Gasteiger partial charge in [0.05, 0.1) is 28.5 Å². The van der Waals surface area contributed by atoms with Crippen LogP contribution >= 0.6 is 46.4 Å². The van der Waals surface area contributed by atoms with Crippen molar-refractivity contribution < 1.29 is 14.3 Å². The summed E-state index contributed by atoms with van der Waals surface area (Å²) in [6.07, 6.45) is 0. The highest BCUT2D eigenvalue weighted by Gasteiger charge is 2.39. The molecular formula is C18H12Cl4N2O3. The number of nitrogens with zero attached hydrogens (tertiary/aromatic N) is 1. The van der Waals surface area contributed by atoms with E-state index in [0.29, 0.717) is 21.5 Å². The number of hydrogen-bond donors (Lipinski definition) is 1. The fourth-order valence-electron chi connectivity index (χ4n) is 2.53. The standard InChI is InChI=1S/C18H12Cl4N2O3/c1-8-5-13(14(27-2)7-11(8)20)23-16-15(22)17(25)24(18(16)26)9-3-4-10(19)12(21)6-9/h3-7,23H,1-2H3. The van der Waals surface area contributed by atoms with Gasteiger partial charge in [-0.15, -0.1) is 0 Å². The Morgan fingerprint density at radius 3 is 2.26 bits per heavy atom. The van der Waals surface area contributed by atoms with Crippen LogP contribution in [0.15, 0.2) is 41.1 Å². The third-order valence-electron chi connectivity index (χ3n) is 3.93. The number of imide groups is 1. The van der Waals surface area contributed by atoms with Crippen molar-refractivity contribution in [2.24, 2.45) is 0 Å². The van der Waals surface area contributed by atoms with E-state index in [1.807, 2.05) is 0 Å². The van der Waals surface area contributed by atoms with Crippen molar-refractivity contribution in [3.05, 3.63) is 61.7 Å². The molecule has 2 aromatic carbocycles. The number of benzene rings is 2. The third kappa shape index (κ3) is 3.60. The first kappa shape index (κ1) is 19.8. The maximum Gasteiger partial charge on any atom is 0.283 e. The summed E-state index contributed by atoms with van der Waals surface area (Å²) in [6.45, 7) is 1.80. The number of carbonyl (C=O) groups is 2. The van der Waals surface area contributed by atoms with Gasteiger partial charge in [-0.2, -0.15) is 0 Å². The molecule has 2 aromatic rings. The third-order valence-corrected chi connectivity index (χ3v) is 5.43. The molecule has 1 aliphatic rings. The Morgan fingerprint density at radius 1 is 0.926 bits per heavy atom. The van der Waals surface area contributed by atoms with Crippen LogP contribution in [0.3, 0.4) is 0 Å². The molecule has 0 unspecified atom stereocenters. The van der Waals surface area contributed by atoms with Gasteiger partial charge in [0.25, 0.3) is 11.8 Å². The van der Waals surface area contributed by atoms with Gasteiger partial charge in [0, 0.05) is 11.1 Å². The zero-order valence-corrected chi connectivity index (χ0v) is 17.1. The fourth-order valence-corrected chi connectivity index (χ4v) is 3.19. The Balaban J connectivity index is 1.98. The molecular weight excluding hydrogens is 434 g/mol. The van der Waals surface area contributed by atoms with Gasteiger partial charge in [-0.3, -0.25) is 9.59 Å². The maximum atomic E-state index is 12.8. The first-order chi connectivity index (χ1) is 12.7. The van der Waals surface area contributed by atoms with Gasteiger partial charge in [0.15, 0.2) is 0 Å². The summed E-state index contributed by atoms with van der Waals surface area (Å²) in [4.78, 5) is 26.3. The zero-order chi connectivity index (χ0) is 19.9. The van der Waals surface area contributed by atoms with Gasteiger partial charge in [-0.25, -0.2) is 4.90 Å². The zero-order valence-electron chi connectivity index (χ0n) is 14.1. The lowest BCUT2D eigenvalue weighted by Gasteiger charge is -2.16. The number of methoxy groups -OCH3 is 1. The van der Waals surface area contributed by atoms with E-state index in [9.17, 15) is 9.59 Å². The van der Waals surface area contributed by atoms with Gasteiger partial charge >= 0.3 is 0 Å². The number of amides is 2. The molecule has 0 aliphatic carbocycles. The SMILES string of the molecule is COc1cc(Cl)c(C)cc1NC1=C(Cl)C(=O)N(c2ccc(Cl)c(Cl)c2)C1=O. The van der Waals surface area contributed by atoms with Crippen molar-refractivity contribution in [2.75, 3.05) is 17.3 Å². The summed E-state index contributed by atoms with van der Waals surface area (Å²) in [7, 11) is 1.46. The molecule has 2 amide bonds. The lowest BCUT2D eigenvalue weighted by atomic mass is 10.2. The second kappa shape index (κ2) is 7.60. The quantitative estimate of drug-likeness (QED) is 0.640. The summed E-state index contributed by atoms with van der Waals surface area (Å²) in [6, 6.07) is 7.71. The predicted molar refractivity (Wildman–Crippen MR) is 108 cm³/mol. The van der Waals surface area contributed by atoms with Crippen LogP contribution in [0, 0.1) is 6.92 Å². The van der Waals surface area contributed by atoms with Gasteiger partial charge in [-0.05, 0) is 36.8 Å². The molecule has 0 bridgehead atoms. The summed E-state index contributed by atoms with van der Waals surface area (Å²) in [5.41, 5.74) is 1.39. The van der Waals surface area contributed by atoms with Crippen LogP contribution in [0.2, 0.25) is 15.1 Å². The molecule has 9 heteroatoms. The summed E-state index contributed by atoms with van der Waals surface area (Å²) < 4.78 is 5.27. The molecule has 3 rings (SSSR count). The Kier molecular flexibility index (Phi) is 5.58. The largest absolute Gasteiger partial charge is 0.495 e. The molecule has 0 radical (unpaired) electrons. The second-order valence-electron chi connectivity index (χ2n) is 5.66. The van der Waals surface area contributed by atoms with Crippen LogP contribution in [0.25, 0.3) is 0 Å². The Bertz CT molecular complexity index is 1000. The average molecular weight is 446 g/mol.